The smallest absolute Gasteiger partial charge is 0.0184 e. The van der Waals surface area contributed by atoms with Gasteiger partial charge < -0.3 is 5.32 Å². The van der Waals surface area contributed by atoms with Crippen LogP contribution >= 0.6 is 11.8 Å². The zero-order chi connectivity index (χ0) is 12.1. The Morgan fingerprint density at radius 2 is 2.18 bits per heavy atom. The third kappa shape index (κ3) is 4.15. The molecule has 0 amide bonds. The van der Waals surface area contributed by atoms with E-state index in [2.05, 4.69) is 35.8 Å². The first-order chi connectivity index (χ1) is 8.27. The summed E-state index contributed by atoms with van der Waals surface area (Å²) >= 11 is 2.14. The lowest BCUT2D eigenvalue weighted by Crippen LogP contribution is -2.45. The van der Waals surface area contributed by atoms with Gasteiger partial charge in [0.15, 0.2) is 0 Å². The summed E-state index contributed by atoms with van der Waals surface area (Å²) < 4.78 is 0. The standard InChI is InChI=1S/C14H28N2S/c1-12-13(2)17-11-10-16(12)9-5-7-14-6-3-4-8-15-14/h12-15H,3-11H2,1-2H3. The largest absolute Gasteiger partial charge is 0.314 e. The van der Waals surface area contributed by atoms with Crippen LogP contribution in [-0.4, -0.2) is 47.6 Å². The fourth-order valence-electron chi connectivity index (χ4n) is 3.02. The first-order valence-electron chi connectivity index (χ1n) is 7.36. The monoisotopic (exact) mass is 256 g/mol. The zero-order valence-corrected chi connectivity index (χ0v) is 12.3. The molecule has 0 aromatic carbocycles. The molecule has 3 unspecified atom stereocenters. The predicted molar refractivity (Wildman–Crippen MR) is 77.8 cm³/mol. The van der Waals surface area contributed by atoms with Crippen LogP contribution in [0, 0.1) is 0 Å². The Balaban J connectivity index is 1.63. The molecule has 2 nitrogen and oxygen atoms in total. The van der Waals surface area contributed by atoms with Crippen LogP contribution in [0.25, 0.3) is 0 Å². The van der Waals surface area contributed by atoms with Crippen LogP contribution in [0.2, 0.25) is 0 Å². The number of hydrogen-bond donors (Lipinski definition) is 1. The molecule has 2 saturated heterocycles. The van der Waals surface area contributed by atoms with Crippen molar-refractivity contribution in [2.24, 2.45) is 0 Å². The normalized spacial score (nSPS) is 36.0. The van der Waals surface area contributed by atoms with E-state index in [-0.39, 0.29) is 0 Å². The maximum absolute atomic E-state index is 3.65. The molecule has 0 bridgehead atoms. The summed E-state index contributed by atoms with van der Waals surface area (Å²) in [5, 5.41) is 4.47. The van der Waals surface area contributed by atoms with Gasteiger partial charge in [-0.2, -0.15) is 11.8 Å². The molecule has 17 heavy (non-hydrogen) atoms. The van der Waals surface area contributed by atoms with Crippen molar-refractivity contribution in [3.05, 3.63) is 0 Å². The molecular formula is C14H28N2S. The molecule has 1 N–H and O–H groups in total. The third-order valence-corrected chi connectivity index (χ3v) is 5.76. The first-order valence-corrected chi connectivity index (χ1v) is 8.41. The number of nitrogens with zero attached hydrogens (tertiary/aromatic N) is 1. The maximum atomic E-state index is 3.65. The van der Waals surface area contributed by atoms with Crippen LogP contribution in [0.4, 0.5) is 0 Å². The molecule has 100 valence electrons. The molecule has 0 aliphatic carbocycles. The molecule has 0 saturated carbocycles. The van der Waals surface area contributed by atoms with Crippen molar-refractivity contribution in [3.8, 4) is 0 Å². The van der Waals surface area contributed by atoms with Crippen LogP contribution in [0.1, 0.15) is 46.0 Å². The van der Waals surface area contributed by atoms with E-state index in [1.54, 1.807) is 0 Å². The molecule has 3 atom stereocenters. The molecule has 2 heterocycles. The minimum atomic E-state index is 0.771. The highest BCUT2D eigenvalue weighted by Gasteiger charge is 2.24. The topological polar surface area (TPSA) is 15.3 Å². The number of nitrogens with one attached hydrogen (secondary N) is 1. The molecule has 2 fully saturated rings. The van der Waals surface area contributed by atoms with Crippen molar-refractivity contribution >= 4 is 11.8 Å². The summed E-state index contributed by atoms with van der Waals surface area (Å²) in [7, 11) is 0. The van der Waals surface area contributed by atoms with Gasteiger partial charge in [0.05, 0.1) is 0 Å². The predicted octanol–water partition coefficient (Wildman–Crippen LogP) is 2.73. The fraction of sp³-hybridized carbons (Fsp3) is 1.00. The maximum Gasteiger partial charge on any atom is 0.0184 e. The molecule has 0 radical (unpaired) electrons. The highest BCUT2D eigenvalue weighted by Crippen LogP contribution is 2.24. The Labute approximate surface area is 111 Å². The van der Waals surface area contributed by atoms with Gasteiger partial charge in [0.1, 0.15) is 0 Å². The Morgan fingerprint density at radius 1 is 1.29 bits per heavy atom. The Hall–Kier alpha value is 0.270. The molecule has 3 heteroatoms. The van der Waals surface area contributed by atoms with E-state index in [1.807, 2.05) is 0 Å². The van der Waals surface area contributed by atoms with Gasteiger partial charge in [-0.15, -0.1) is 0 Å². The van der Waals surface area contributed by atoms with Crippen molar-refractivity contribution in [3.63, 3.8) is 0 Å². The van der Waals surface area contributed by atoms with Crippen molar-refractivity contribution in [2.45, 2.75) is 63.3 Å². The van der Waals surface area contributed by atoms with E-state index in [9.17, 15) is 0 Å². The highest BCUT2D eigenvalue weighted by atomic mass is 32.2. The lowest BCUT2D eigenvalue weighted by atomic mass is 10.0. The van der Waals surface area contributed by atoms with Gasteiger partial charge in [0, 0.05) is 29.6 Å². The van der Waals surface area contributed by atoms with Crippen molar-refractivity contribution in [1.29, 1.82) is 0 Å². The SMILES string of the molecule is CC1SCCN(CCCC2CCCCN2)C1C. The Morgan fingerprint density at radius 3 is 2.94 bits per heavy atom. The van der Waals surface area contributed by atoms with E-state index in [0.29, 0.717) is 0 Å². The number of thioether (sulfide) groups is 1. The summed E-state index contributed by atoms with van der Waals surface area (Å²) in [4.78, 5) is 2.70. The minimum absolute atomic E-state index is 0.771. The first kappa shape index (κ1) is 13.7. The second-order valence-corrected chi connectivity index (χ2v) is 7.13. The van der Waals surface area contributed by atoms with Gasteiger partial charge in [0.25, 0.3) is 0 Å². The lowest BCUT2D eigenvalue weighted by molar-refractivity contribution is 0.204. The number of hydrogen-bond acceptors (Lipinski definition) is 3. The Kier molecular flexibility index (Phi) is 5.64. The van der Waals surface area contributed by atoms with Crippen LogP contribution < -0.4 is 5.32 Å². The average Bonchev–Trinajstić information content (AvgIpc) is 2.36. The van der Waals surface area contributed by atoms with Crippen molar-refractivity contribution < 1.29 is 0 Å². The van der Waals surface area contributed by atoms with E-state index in [0.717, 1.165) is 17.3 Å². The zero-order valence-electron chi connectivity index (χ0n) is 11.5. The van der Waals surface area contributed by atoms with E-state index >= 15 is 0 Å². The van der Waals surface area contributed by atoms with Gasteiger partial charge in [0.2, 0.25) is 0 Å². The second kappa shape index (κ2) is 7.01. The van der Waals surface area contributed by atoms with Crippen molar-refractivity contribution in [2.75, 3.05) is 25.4 Å². The Bertz CT molecular complexity index is 216. The molecule has 0 aromatic heterocycles. The van der Waals surface area contributed by atoms with Gasteiger partial charge in [-0.25, -0.2) is 0 Å². The molecule has 0 spiro atoms. The van der Waals surface area contributed by atoms with Gasteiger partial charge in [-0.05, 0) is 45.7 Å². The quantitative estimate of drug-likeness (QED) is 0.832. The summed E-state index contributed by atoms with van der Waals surface area (Å²) in [6.07, 6.45) is 6.98. The summed E-state index contributed by atoms with van der Waals surface area (Å²) in [6, 6.07) is 1.59. The summed E-state index contributed by atoms with van der Waals surface area (Å²) in [5.41, 5.74) is 0. The second-order valence-electron chi connectivity index (χ2n) is 5.64. The van der Waals surface area contributed by atoms with Gasteiger partial charge >= 0.3 is 0 Å². The fourth-order valence-corrected chi connectivity index (χ4v) is 4.18. The van der Waals surface area contributed by atoms with Crippen LogP contribution in [0.5, 0.6) is 0 Å². The lowest BCUT2D eigenvalue weighted by Gasteiger charge is -2.37. The molecular weight excluding hydrogens is 228 g/mol. The number of piperidine rings is 1. The number of rotatable bonds is 4. The van der Waals surface area contributed by atoms with E-state index in [4.69, 9.17) is 0 Å². The third-order valence-electron chi connectivity index (χ3n) is 4.42. The van der Waals surface area contributed by atoms with Crippen LogP contribution in [0.15, 0.2) is 0 Å². The van der Waals surface area contributed by atoms with Gasteiger partial charge in [-0.3, -0.25) is 4.90 Å². The highest BCUT2D eigenvalue weighted by molar-refractivity contribution is 8.00. The van der Waals surface area contributed by atoms with E-state index in [1.165, 1.54) is 57.5 Å². The average molecular weight is 256 g/mol. The van der Waals surface area contributed by atoms with Crippen LogP contribution in [0.3, 0.4) is 0 Å². The molecule has 2 aliphatic rings. The molecule has 0 aromatic rings. The van der Waals surface area contributed by atoms with Crippen LogP contribution in [-0.2, 0) is 0 Å². The minimum Gasteiger partial charge on any atom is -0.314 e. The summed E-state index contributed by atoms with van der Waals surface area (Å²) in [6.45, 7) is 8.64. The van der Waals surface area contributed by atoms with Crippen molar-refractivity contribution in [1.82, 2.24) is 10.2 Å². The molecule has 2 rings (SSSR count). The molecule has 2 aliphatic heterocycles. The van der Waals surface area contributed by atoms with E-state index < -0.39 is 0 Å². The summed E-state index contributed by atoms with van der Waals surface area (Å²) in [5.74, 6) is 1.33. The van der Waals surface area contributed by atoms with Gasteiger partial charge in [-0.1, -0.05) is 13.3 Å².